The number of carbonyl (C=O) groups is 2. The molecule has 6 heteroatoms. The summed E-state index contributed by atoms with van der Waals surface area (Å²) < 4.78 is 11.0. The normalized spacial score (nSPS) is 12.1. The molecule has 1 aromatic carbocycles. The van der Waals surface area contributed by atoms with Crippen molar-refractivity contribution >= 4 is 11.9 Å². The van der Waals surface area contributed by atoms with Gasteiger partial charge in [-0.05, 0) is 36.2 Å². The molecule has 1 amide bonds. The second-order valence-corrected chi connectivity index (χ2v) is 5.86. The lowest BCUT2D eigenvalue weighted by atomic mass is 10.1. The number of carbonyl (C=O) groups excluding carboxylic acids is 1. The van der Waals surface area contributed by atoms with Gasteiger partial charge in [0.15, 0.2) is 0 Å². The van der Waals surface area contributed by atoms with E-state index in [1.165, 1.54) is 24.5 Å². The van der Waals surface area contributed by atoms with Crippen LogP contribution in [0.1, 0.15) is 46.4 Å². The molecule has 1 atom stereocenters. The first-order valence-corrected chi connectivity index (χ1v) is 7.72. The molecule has 128 valence electrons. The molecule has 0 saturated heterocycles. The SMILES string of the molecule is CC(C)COCC(NC(=O)c1cccc(C(=O)O)c1)c1ccco1. The van der Waals surface area contributed by atoms with Crippen molar-refractivity contribution in [2.24, 2.45) is 5.92 Å². The van der Waals surface area contributed by atoms with Crippen molar-refractivity contribution < 1.29 is 23.8 Å². The maximum atomic E-state index is 12.4. The molecule has 0 spiro atoms. The summed E-state index contributed by atoms with van der Waals surface area (Å²) in [6.45, 7) is 4.92. The smallest absolute Gasteiger partial charge is 0.335 e. The number of furan rings is 1. The van der Waals surface area contributed by atoms with Gasteiger partial charge in [-0.1, -0.05) is 19.9 Å². The van der Waals surface area contributed by atoms with Gasteiger partial charge >= 0.3 is 5.97 Å². The number of hydrogen-bond donors (Lipinski definition) is 2. The molecular formula is C18H21NO5. The third kappa shape index (κ3) is 4.96. The lowest BCUT2D eigenvalue weighted by Crippen LogP contribution is -2.31. The van der Waals surface area contributed by atoms with E-state index in [0.29, 0.717) is 18.3 Å². The summed E-state index contributed by atoms with van der Waals surface area (Å²) in [7, 11) is 0. The number of hydrogen-bond acceptors (Lipinski definition) is 4. The Hall–Kier alpha value is -2.60. The average Bonchev–Trinajstić information content (AvgIpc) is 3.08. The van der Waals surface area contributed by atoms with Gasteiger partial charge in [-0.3, -0.25) is 4.79 Å². The number of carboxylic acid groups (broad SMARTS) is 1. The minimum absolute atomic E-state index is 0.0632. The van der Waals surface area contributed by atoms with Crippen molar-refractivity contribution in [1.82, 2.24) is 5.32 Å². The predicted octanol–water partition coefficient (Wildman–Crippen LogP) is 3.12. The molecule has 1 aromatic heterocycles. The van der Waals surface area contributed by atoms with Gasteiger partial charge in [-0.2, -0.15) is 0 Å². The van der Waals surface area contributed by atoms with Crippen molar-refractivity contribution in [3.63, 3.8) is 0 Å². The number of nitrogens with one attached hydrogen (secondary N) is 1. The summed E-state index contributed by atoms with van der Waals surface area (Å²) in [5.74, 6) is -0.494. The zero-order chi connectivity index (χ0) is 17.5. The molecule has 0 bridgehead atoms. The Morgan fingerprint density at radius 2 is 1.92 bits per heavy atom. The number of rotatable bonds is 8. The lowest BCUT2D eigenvalue weighted by molar-refractivity contribution is 0.0696. The first-order valence-electron chi connectivity index (χ1n) is 7.72. The molecule has 2 aromatic rings. The molecule has 1 unspecified atom stereocenters. The highest BCUT2D eigenvalue weighted by molar-refractivity contribution is 5.97. The first kappa shape index (κ1) is 17.7. The third-order valence-corrected chi connectivity index (χ3v) is 3.30. The number of benzene rings is 1. The fourth-order valence-electron chi connectivity index (χ4n) is 2.14. The van der Waals surface area contributed by atoms with Crippen LogP contribution in [0, 0.1) is 5.92 Å². The number of ether oxygens (including phenoxy) is 1. The topological polar surface area (TPSA) is 88.8 Å². The van der Waals surface area contributed by atoms with Crippen molar-refractivity contribution in [3.05, 3.63) is 59.5 Å². The van der Waals surface area contributed by atoms with Crippen molar-refractivity contribution in [2.75, 3.05) is 13.2 Å². The molecule has 0 saturated carbocycles. The second-order valence-electron chi connectivity index (χ2n) is 5.86. The predicted molar refractivity (Wildman–Crippen MR) is 88.0 cm³/mol. The molecule has 0 aliphatic carbocycles. The van der Waals surface area contributed by atoms with Gasteiger partial charge in [0.2, 0.25) is 0 Å². The highest BCUT2D eigenvalue weighted by atomic mass is 16.5. The van der Waals surface area contributed by atoms with Crippen molar-refractivity contribution in [3.8, 4) is 0 Å². The van der Waals surface area contributed by atoms with E-state index in [4.69, 9.17) is 14.3 Å². The van der Waals surface area contributed by atoms with E-state index >= 15 is 0 Å². The Morgan fingerprint density at radius 3 is 2.54 bits per heavy atom. The summed E-state index contributed by atoms with van der Waals surface area (Å²) in [5, 5.41) is 11.8. The summed E-state index contributed by atoms with van der Waals surface area (Å²) in [4.78, 5) is 23.4. The van der Waals surface area contributed by atoms with Crippen LogP contribution in [0.4, 0.5) is 0 Å². The quantitative estimate of drug-likeness (QED) is 0.776. The Morgan fingerprint density at radius 1 is 1.17 bits per heavy atom. The minimum Gasteiger partial charge on any atom is -0.478 e. The largest absolute Gasteiger partial charge is 0.478 e. The van der Waals surface area contributed by atoms with E-state index in [1.54, 1.807) is 18.2 Å². The van der Waals surface area contributed by atoms with Crippen LogP contribution < -0.4 is 5.32 Å². The van der Waals surface area contributed by atoms with E-state index in [0.717, 1.165) is 0 Å². The Balaban J connectivity index is 2.09. The van der Waals surface area contributed by atoms with E-state index in [1.807, 2.05) is 13.8 Å². The fraction of sp³-hybridized carbons (Fsp3) is 0.333. The van der Waals surface area contributed by atoms with Crippen LogP contribution in [0.25, 0.3) is 0 Å². The fourth-order valence-corrected chi connectivity index (χ4v) is 2.14. The van der Waals surface area contributed by atoms with Crippen LogP contribution >= 0.6 is 0 Å². The number of aromatic carboxylic acids is 1. The molecular weight excluding hydrogens is 310 g/mol. The molecule has 0 aliphatic heterocycles. The van der Waals surface area contributed by atoms with Crippen LogP contribution in [0.2, 0.25) is 0 Å². The molecule has 2 N–H and O–H groups in total. The lowest BCUT2D eigenvalue weighted by Gasteiger charge is -2.18. The summed E-state index contributed by atoms with van der Waals surface area (Å²) in [6, 6.07) is 8.94. The van der Waals surface area contributed by atoms with E-state index in [9.17, 15) is 9.59 Å². The highest BCUT2D eigenvalue weighted by Gasteiger charge is 2.19. The van der Waals surface area contributed by atoms with Crippen molar-refractivity contribution in [1.29, 1.82) is 0 Å². The molecule has 0 fully saturated rings. The van der Waals surface area contributed by atoms with Crippen LogP contribution in [0.5, 0.6) is 0 Å². The van der Waals surface area contributed by atoms with Crippen LogP contribution in [0.3, 0.4) is 0 Å². The summed E-state index contributed by atoms with van der Waals surface area (Å²) in [6.07, 6.45) is 1.53. The molecule has 0 radical (unpaired) electrons. The molecule has 6 nitrogen and oxygen atoms in total. The van der Waals surface area contributed by atoms with E-state index in [-0.39, 0.29) is 23.6 Å². The highest BCUT2D eigenvalue weighted by Crippen LogP contribution is 2.16. The second kappa shape index (κ2) is 8.31. The van der Waals surface area contributed by atoms with Gasteiger partial charge in [-0.15, -0.1) is 0 Å². The van der Waals surface area contributed by atoms with Gasteiger partial charge in [0.05, 0.1) is 18.4 Å². The van der Waals surface area contributed by atoms with Crippen LogP contribution in [-0.4, -0.2) is 30.2 Å². The van der Waals surface area contributed by atoms with E-state index < -0.39 is 12.0 Å². The van der Waals surface area contributed by atoms with Gasteiger partial charge in [-0.25, -0.2) is 4.79 Å². The number of amides is 1. The minimum atomic E-state index is -1.08. The maximum absolute atomic E-state index is 12.4. The Labute approximate surface area is 140 Å². The molecule has 1 heterocycles. The number of carboxylic acids is 1. The average molecular weight is 331 g/mol. The van der Waals surface area contributed by atoms with Gasteiger partial charge in [0.1, 0.15) is 11.8 Å². The monoisotopic (exact) mass is 331 g/mol. The maximum Gasteiger partial charge on any atom is 0.335 e. The van der Waals surface area contributed by atoms with E-state index in [2.05, 4.69) is 5.32 Å². The zero-order valence-corrected chi connectivity index (χ0v) is 13.7. The summed E-state index contributed by atoms with van der Waals surface area (Å²) in [5.41, 5.74) is 0.337. The van der Waals surface area contributed by atoms with Gasteiger partial charge in [0.25, 0.3) is 5.91 Å². The summed E-state index contributed by atoms with van der Waals surface area (Å²) >= 11 is 0. The Bertz CT molecular complexity index is 678. The van der Waals surface area contributed by atoms with Crippen molar-refractivity contribution in [2.45, 2.75) is 19.9 Å². The zero-order valence-electron chi connectivity index (χ0n) is 13.7. The standard InChI is InChI=1S/C18H21NO5/c1-12(2)10-23-11-15(16-7-4-8-24-16)19-17(20)13-5-3-6-14(9-13)18(21)22/h3-9,12,15H,10-11H2,1-2H3,(H,19,20)(H,21,22). The van der Waals surface area contributed by atoms with Crippen LogP contribution in [-0.2, 0) is 4.74 Å². The van der Waals surface area contributed by atoms with Gasteiger partial charge in [0, 0.05) is 12.2 Å². The molecule has 2 rings (SSSR count). The van der Waals surface area contributed by atoms with Gasteiger partial charge < -0.3 is 19.6 Å². The Kier molecular flexibility index (Phi) is 6.14. The third-order valence-electron chi connectivity index (χ3n) is 3.30. The van der Waals surface area contributed by atoms with Crippen LogP contribution in [0.15, 0.2) is 47.1 Å². The molecule has 0 aliphatic rings. The first-order chi connectivity index (χ1) is 11.5. The molecule has 24 heavy (non-hydrogen) atoms.